The van der Waals surface area contributed by atoms with Crippen molar-refractivity contribution in [2.75, 3.05) is 19.7 Å². The fraction of sp³-hybridized carbons (Fsp3) is 0.364. The molecule has 0 bridgehead atoms. The van der Waals surface area contributed by atoms with Crippen LogP contribution >= 0.6 is 0 Å². The van der Waals surface area contributed by atoms with Crippen molar-refractivity contribution in [3.63, 3.8) is 0 Å². The number of ether oxygens (including phenoxy) is 1. The summed E-state index contributed by atoms with van der Waals surface area (Å²) in [5.74, 6) is -0.566. The summed E-state index contributed by atoms with van der Waals surface area (Å²) in [4.78, 5) is 14.8. The normalized spacial score (nSPS) is 16.8. The molecule has 2 aromatic rings. The van der Waals surface area contributed by atoms with Gasteiger partial charge < -0.3 is 9.64 Å². The molecule has 140 valence electrons. The standard InChI is InChI=1S/C22H23FN2O2/c1-2-11-27-20-7-4-10-25(15-20)22(26)18-6-3-5-16(12-18)17-8-9-21(23)19(13-17)14-24/h3,5-6,8-9,12-13,20H,2,4,7,10-11,15H2,1H3/t20-/m1/s1. The van der Waals surface area contributed by atoms with Gasteiger partial charge in [-0.05, 0) is 54.7 Å². The van der Waals surface area contributed by atoms with E-state index in [1.54, 1.807) is 18.2 Å². The van der Waals surface area contributed by atoms with E-state index in [0.29, 0.717) is 24.3 Å². The summed E-state index contributed by atoms with van der Waals surface area (Å²) >= 11 is 0. The van der Waals surface area contributed by atoms with Gasteiger partial charge in [0.25, 0.3) is 5.91 Å². The van der Waals surface area contributed by atoms with Gasteiger partial charge in [-0.3, -0.25) is 4.79 Å². The highest BCUT2D eigenvalue weighted by Crippen LogP contribution is 2.24. The lowest BCUT2D eigenvalue weighted by Crippen LogP contribution is -2.43. The van der Waals surface area contributed by atoms with Crippen molar-refractivity contribution in [1.82, 2.24) is 4.90 Å². The van der Waals surface area contributed by atoms with Gasteiger partial charge in [0.2, 0.25) is 0 Å². The first-order valence-corrected chi connectivity index (χ1v) is 9.33. The molecule has 0 radical (unpaired) electrons. The molecule has 1 atom stereocenters. The van der Waals surface area contributed by atoms with Crippen LogP contribution in [0.2, 0.25) is 0 Å². The van der Waals surface area contributed by atoms with Crippen molar-refractivity contribution in [1.29, 1.82) is 5.26 Å². The van der Waals surface area contributed by atoms with E-state index < -0.39 is 5.82 Å². The molecule has 0 spiro atoms. The third kappa shape index (κ3) is 4.53. The van der Waals surface area contributed by atoms with Crippen LogP contribution in [0.25, 0.3) is 11.1 Å². The first kappa shape index (κ1) is 19.1. The van der Waals surface area contributed by atoms with Crippen LogP contribution < -0.4 is 0 Å². The number of benzene rings is 2. The lowest BCUT2D eigenvalue weighted by Gasteiger charge is -2.32. The Labute approximate surface area is 159 Å². The van der Waals surface area contributed by atoms with Crippen LogP contribution in [-0.4, -0.2) is 36.6 Å². The predicted octanol–water partition coefficient (Wildman–Crippen LogP) is 4.40. The lowest BCUT2D eigenvalue weighted by molar-refractivity contribution is 0.00211. The van der Waals surface area contributed by atoms with Crippen molar-refractivity contribution < 1.29 is 13.9 Å². The van der Waals surface area contributed by atoms with E-state index in [1.165, 1.54) is 12.1 Å². The quantitative estimate of drug-likeness (QED) is 0.788. The van der Waals surface area contributed by atoms with Crippen LogP contribution in [-0.2, 0) is 4.74 Å². The fourth-order valence-electron chi connectivity index (χ4n) is 3.35. The van der Waals surface area contributed by atoms with Crippen LogP contribution in [0.15, 0.2) is 42.5 Å². The molecule has 1 saturated heterocycles. The molecule has 1 aliphatic rings. The Morgan fingerprint density at radius 1 is 1.30 bits per heavy atom. The van der Waals surface area contributed by atoms with Crippen LogP contribution in [0, 0.1) is 17.1 Å². The monoisotopic (exact) mass is 366 g/mol. The molecule has 0 N–H and O–H groups in total. The molecule has 1 fully saturated rings. The van der Waals surface area contributed by atoms with Crippen molar-refractivity contribution in [3.05, 3.63) is 59.4 Å². The van der Waals surface area contributed by atoms with Crippen LogP contribution in [0.5, 0.6) is 0 Å². The Morgan fingerprint density at radius 3 is 2.89 bits per heavy atom. The molecule has 0 aliphatic carbocycles. The van der Waals surface area contributed by atoms with Crippen LogP contribution in [0.1, 0.15) is 42.1 Å². The average molecular weight is 366 g/mol. The van der Waals surface area contributed by atoms with Gasteiger partial charge in [0.05, 0.1) is 11.7 Å². The van der Waals surface area contributed by atoms with Crippen molar-refractivity contribution in [2.45, 2.75) is 32.3 Å². The van der Waals surface area contributed by atoms with Crippen LogP contribution in [0.4, 0.5) is 4.39 Å². The number of nitrogens with zero attached hydrogens (tertiary/aromatic N) is 2. The number of amides is 1. The third-order valence-electron chi connectivity index (χ3n) is 4.75. The maximum atomic E-state index is 13.6. The summed E-state index contributed by atoms with van der Waals surface area (Å²) in [6.07, 6.45) is 2.98. The summed E-state index contributed by atoms with van der Waals surface area (Å²) in [7, 11) is 0. The molecule has 0 saturated carbocycles. The van der Waals surface area contributed by atoms with Gasteiger partial charge in [0, 0.05) is 25.3 Å². The van der Waals surface area contributed by atoms with E-state index in [-0.39, 0.29) is 17.6 Å². The van der Waals surface area contributed by atoms with Crippen molar-refractivity contribution >= 4 is 5.91 Å². The Morgan fingerprint density at radius 2 is 2.11 bits per heavy atom. The van der Waals surface area contributed by atoms with E-state index in [1.807, 2.05) is 23.1 Å². The minimum Gasteiger partial charge on any atom is -0.376 e. The first-order valence-electron chi connectivity index (χ1n) is 9.33. The second-order valence-electron chi connectivity index (χ2n) is 6.77. The highest BCUT2D eigenvalue weighted by Gasteiger charge is 2.25. The fourth-order valence-corrected chi connectivity index (χ4v) is 3.35. The Hall–Kier alpha value is -2.71. The van der Waals surface area contributed by atoms with E-state index >= 15 is 0 Å². The second-order valence-corrected chi connectivity index (χ2v) is 6.77. The minimum absolute atomic E-state index is 0.00354. The topological polar surface area (TPSA) is 53.3 Å². The number of hydrogen-bond donors (Lipinski definition) is 0. The number of nitriles is 1. The molecular weight excluding hydrogens is 343 g/mol. The van der Waals surface area contributed by atoms with E-state index in [0.717, 1.165) is 31.4 Å². The molecule has 5 heteroatoms. The molecule has 1 aliphatic heterocycles. The maximum absolute atomic E-state index is 13.6. The maximum Gasteiger partial charge on any atom is 0.253 e. The van der Waals surface area contributed by atoms with Gasteiger partial charge in [-0.25, -0.2) is 4.39 Å². The van der Waals surface area contributed by atoms with Gasteiger partial charge in [-0.2, -0.15) is 5.26 Å². The zero-order valence-corrected chi connectivity index (χ0v) is 15.5. The lowest BCUT2D eigenvalue weighted by atomic mass is 10.00. The van der Waals surface area contributed by atoms with Crippen molar-refractivity contribution in [3.8, 4) is 17.2 Å². The summed E-state index contributed by atoms with van der Waals surface area (Å²) in [5, 5.41) is 9.03. The number of halogens is 1. The highest BCUT2D eigenvalue weighted by molar-refractivity contribution is 5.95. The SMILES string of the molecule is CCCO[C@@H]1CCCN(C(=O)c2cccc(-c3ccc(F)c(C#N)c3)c2)C1. The largest absolute Gasteiger partial charge is 0.376 e. The zero-order chi connectivity index (χ0) is 19.2. The summed E-state index contributed by atoms with van der Waals surface area (Å²) in [6.45, 7) is 4.13. The molecule has 0 aromatic heterocycles. The van der Waals surface area contributed by atoms with Gasteiger partial charge in [0.1, 0.15) is 11.9 Å². The number of rotatable bonds is 5. The molecule has 1 heterocycles. The third-order valence-corrected chi connectivity index (χ3v) is 4.75. The number of likely N-dealkylation sites (tertiary alicyclic amines) is 1. The van der Waals surface area contributed by atoms with Crippen molar-refractivity contribution in [2.24, 2.45) is 0 Å². The average Bonchev–Trinajstić information content (AvgIpc) is 2.72. The molecule has 3 rings (SSSR count). The summed E-state index contributed by atoms with van der Waals surface area (Å²) in [6, 6.07) is 13.5. The molecule has 0 unspecified atom stereocenters. The van der Waals surface area contributed by atoms with E-state index in [9.17, 15) is 9.18 Å². The van der Waals surface area contributed by atoms with Crippen LogP contribution in [0.3, 0.4) is 0 Å². The Balaban J connectivity index is 1.79. The minimum atomic E-state index is -0.542. The van der Waals surface area contributed by atoms with Gasteiger partial charge >= 0.3 is 0 Å². The molecule has 27 heavy (non-hydrogen) atoms. The van der Waals surface area contributed by atoms with E-state index in [2.05, 4.69) is 6.92 Å². The first-order chi connectivity index (χ1) is 13.1. The molecule has 1 amide bonds. The molecule has 2 aromatic carbocycles. The van der Waals surface area contributed by atoms with Gasteiger partial charge in [-0.1, -0.05) is 25.1 Å². The number of carbonyl (C=O) groups is 1. The zero-order valence-electron chi connectivity index (χ0n) is 15.5. The molecular formula is C22H23FN2O2. The predicted molar refractivity (Wildman–Crippen MR) is 102 cm³/mol. The summed E-state index contributed by atoms with van der Waals surface area (Å²) < 4.78 is 19.4. The Kier molecular flexibility index (Phi) is 6.20. The van der Waals surface area contributed by atoms with E-state index in [4.69, 9.17) is 10.00 Å². The smallest absolute Gasteiger partial charge is 0.253 e. The number of carbonyl (C=O) groups excluding carboxylic acids is 1. The number of piperidine rings is 1. The van der Waals surface area contributed by atoms with Gasteiger partial charge in [0.15, 0.2) is 0 Å². The Bertz CT molecular complexity index is 860. The van der Waals surface area contributed by atoms with Gasteiger partial charge in [-0.15, -0.1) is 0 Å². The molecule has 4 nitrogen and oxygen atoms in total. The number of hydrogen-bond acceptors (Lipinski definition) is 3. The highest BCUT2D eigenvalue weighted by atomic mass is 19.1. The second kappa shape index (κ2) is 8.79. The summed E-state index contributed by atoms with van der Waals surface area (Å²) in [5.41, 5.74) is 2.08.